The number of benzene rings is 4. The van der Waals surface area contributed by atoms with Crippen molar-refractivity contribution >= 4 is 40.5 Å². The molecule has 4 rings (SSSR count). The monoisotopic (exact) mass is 447 g/mol. The van der Waals surface area contributed by atoms with Gasteiger partial charge in [0, 0.05) is 0 Å². The molecule has 0 fully saturated rings. The Morgan fingerprint density at radius 1 is 0.774 bits per heavy atom. The number of nitrogens with zero attached hydrogens (tertiary/aromatic N) is 1. The van der Waals surface area contributed by atoms with Gasteiger partial charge in [0.25, 0.3) is 0 Å². The maximum absolute atomic E-state index is 11.7. The summed E-state index contributed by atoms with van der Waals surface area (Å²) in [6.07, 6.45) is 0.679. The van der Waals surface area contributed by atoms with Crippen LogP contribution in [0.25, 0.3) is 0 Å². The van der Waals surface area contributed by atoms with Crippen LogP contribution in [0.3, 0.4) is 0 Å². The zero-order chi connectivity index (χ0) is 21.8. The molecule has 0 saturated carbocycles. The molecule has 0 saturated heterocycles. The van der Waals surface area contributed by atoms with E-state index in [4.69, 9.17) is 11.6 Å². The molecule has 0 unspecified atom stereocenters. The molecule has 0 N–H and O–H groups in total. The third-order valence-electron chi connectivity index (χ3n) is 5.90. The van der Waals surface area contributed by atoms with Crippen LogP contribution in [0.1, 0.15) is 11.1 Å². The van der Waals surface area contributed by atoms with Crippen LogP contribution >= 0.6 is 18.9 Å². The first kappa shape index (κ1) is 21.2. The second-order valence-corrected chi connectivity index (χ2v) is 12.0. The minimum absolute atomic E-state index is 0.0691. The summed E-state index contributed by atoms with van der Waals surface area (Å²) in [7, 11) is -2.56. The number of nitro benzene ring substituents is 1. The molecule has 4 aromatic carbocycles. The summed E-state index contributed by atoms with van der Waals surface area (Å²) in [6.45, 7) is 1.82. The predicted octanol–water partition coefficient (Wildman–Crippen LogP) is 5.78. The Hall–Kier alpha value is -3.00. The molecule has 0 aliphatic rings. The third kappa shape index (κ3) is 4.12. The van der Waals surface area contributed by atoms with Gasteiger partial charge in [0.1, 0.15) is 0 Å². The van der Waals surface area contributed by atoms with Crippen molar-refractivity contribution in [2.75, 3.05) is 0 Å². The summed E-state index contributed by atoms with van der Waals surface area (Å²) in [6, 6.07) is 34.9. The van der Waals surface area contributed by atoms with Gasteiger partial charge in [-0.15, -0.1) is 0 Å². The fourth-order valence-corrected chi connectivity index (χ4v) is 9.42. The van der Waals surface area contributed by atoms with Crippen molar-refractivity contribution in [2.24, 2.45) is 0 Å². The van der Waals surface area contributed by atoms with Crippen molar-refractivity contribution < 1.29 is 4.92 Å². The quantitative estimate of drug-likeness (QED) is 0.213. The molecule has 0 amide bonds. The van der Waals surface area contributed by atoms with Gasteiger partial charge in [0.15, 0.2) is 0 Å². The molecule has 0 radical (unpaired) electrons. The van der Waals surface area contributed by atoms with E-state index in [0.29, 0.717) is 16.7 Å². The van der Waals surface area contributed by atoms with Crippen molar-refractivity contribution in [3.05, 3.63) is 129 Å². The van der Waals surface area contributed by atoms with E-state index < -0.39 is 7.26 Å². The first-order valence-electron chi connectivity index (χ1n) is 10.1. The fourth-order valence-electron chi connectivity index (χ4n) is 4.35. The van der Waals surface area contributed by atoms with E-state index in [2.05, 4.69) is 72.8 Å². The second-order valence-electron chi connectivity index (χ2n) is 7.65. The van der Waals surface area contributed by atoms with Crippen molar-refractivity contribution in [1.29, 1.82) is 0 Å². The molecule has 3 nitrogen and oxygen atoms in total. The van der Waals surface area contributed by atoms with Crippen molar-refractivity contribution in [1.82, 2.24) is 0 Å². The minimum atomic E-state index is -2.56. The van der Waals surface area contributed by atoms with Gasteiger partial charge in [0.2, 0.25) is 0 Å². The molecular formula is C26H23ClNO2P. The predicted molar refractivity (Wildman–Crippen MR) is 133 cm³/mol. The Bertz CT molecular complexity index is 1100. The van der Waals surface area contributed by atoms with Crippen molar-refractivity contribution in [3.63, 3.8) is 0 Å². The Labute approximate surface area is 187 Å². The molecule has 31 heavy (non-hydrogen) atoms. The molecule has 0 aromatic heterocycles. The Balaban J connectivity index is 2.04. The van der Waals surface area contributed by atoms with Crippen LogP contribution in [-0.4, -0.2) is 4.92 Å². The van der Waals surface area contributed by atoms with Gasteiger partial charge in [-0.25, -0.2) is 0 Å². The first-order chi connectivity index (χ1) is 15.0. The van der Waals surface area contributed by atoms with Crippen LogP contribution in [0, 0.1) is 17.0 Å². The molecule has 0 aliphatic heterocycles. The first-order valence-corrected chi connectivity index (χ1v) is 12.7. The maximum atomic E-state index is 11.7. The average Bonchev–Trinajstić information content (AvgIpc) is 2.81. The van der Waals surface area contributed by atoms with Crippen LogP contribution in [-0.2, 0) is 6.16 Å². The van der Waals surface area contributed by atoms with Gasteiger partial charge < -0.3 is 0 Å². The third-order valence-corrected chi connectivity index (χ3v) is 11.0. The topological polar surface area (TPSA) is 43.1 Å². The summed E-state index contributed by atoms with van der Waals surface area (Å²) in [5, 5.41) is 15.8. The molecule has 4 aromatic rings. The van der Waals surface area contributed by atoms with Crippen LogP contribution in [0.15, 0.2) is 103 Å². The number of hydrogen-bond acceptors (Lipinski definition) is 2. The summed E-state index contributed by atoms with van der Waals surface area (Å²) >= 11 is 6.34. The van der Waals surface area contributed by atoms with Crippen LogP contribution < -0.4 is 15.9 Å². The van der Waals surface area contributed by atoms with Crippen LogP contribution in [0.5, 0.6) is 0 Å². The Morgan fingerprint density at radius 2 is 1.19 bits per heavy atom. The summed E-state index contributed by atoms with van der Waals surface area (Å²) in [5.41, 5.74) is 1.66. The number of rotatable bonds is 6. The zero-order valence-electron chi connectivity index (χ0n) is 17.2. The van der Waals surface area contributed by atoms with E-state index in [1.807, 2.05) is 31.2 Å². The summed E-state index contributed by atoms with van der Waals surface area (Å²) in [5.74, 6) is 0. The average molecular weight is 448 g/mol. The molecular weight excluding hydrogens is 425 g/mol. The summed E-state index contributed by atoms with van der Waals surface area (Å²) < 4.78 is 0. The van der Waals surface area contributed by atoms with Crippen LogP contribution in [0.4, 0.5) is 5.69 Å². The van der Waals surface area contributed by atoms with E-state index in [1.165, 1.54) is 22.0 Å². The van der Waals surface area contributed by atoms with Crippen molar-refractivity contribution in [2.45, 2.75) is 13.1 Å². The van der Waals surface area contributed by atoms with Gasteiger partial charge >= 0.3 is 188 Å². The Morgan fingerprint density at radius 3 is 1.58 bits per heavy atom. The standard InChI is InChI=1S/C26H23ClNO2P/c1-20-21(17-22(27)18-26(20)28(29)30)19-31(23-11-5-2-6-12-23,24-13-7-3-8-14-24)25-15-9-4-10-16-25/h2-18,31H,19H2,1H3. The van der Waals surface area contributed by atoms with E-state index >= 15 is 0 Å². The van der Waals surface area contributed by atoms with E-state index in [1.54, 1.807) is 0 Å². The van der Waals surface area contributed by atoms with Gasteiger partial charge in [-0.1, -0.05) is 0 Å². The number of halogens is 1. The molecule has 0 aliphatic carbocycles. The van der Waals surface area contributed by atoms with Gasteiger partial charge in [0.05, 0.1) is 0 Å². The number of nitro groups is 1. The van der Waals surface area contributed by atoms with Gasteiger partial charge in [-0.3, -0.25) is 0 Å². The van der Waals surface area contributed by atoms with Gasteiger partial charge in [-0.2, -0.15) is 0 Å². The van der Waals surface area contributed by atoms with Crippen molar-refractivity contribution in [3.8, 4) is 0 Å². The zero-order valence-corrected chi connectivity index (χ0v) is 18.9. The second kappa shape index (κ2) is 9.01. The van der Waals surface area contributed by atoms with Crippen LogP contribution in [0.2, 0.25) is 5.02 Å². The SMILES string of the molecule is Cc1c(C[PH](c2ccccc2)(c2ccccc2)c2ccccc2)cc(Cl)cc1[N+](=O)[O-]. The normalized spacial score (nSPS) is 11.8. The molecule has 0 bridgehead atoms. The summed E-state index contributed by atoms with van der Waals surface area (Å²) in [4.78, 5) is 11.3. The molecule has 5 heteroatoms. The molecule has 0 atom stereocenters. The Kier molecular flexibility index (Phi) is 6.18. The van der Waals surface area contributed by atoms with E-state index in [0.717, 1.165) is 5.56 Å². The number of hydrogen-bond donors (Lipinski definition) is 0. The molecule has 0 heterocycles. The van der Waals surface area contributed by atoms with E-state index in [9.17, 15) is 10.1 Å². The molecule has 156 valence electrons. The fraction of sp³-hybridized carbons (Fsp3) is 0.0769. The van der Waals surface area contributed by atoms with Gasteiger partial charge in [-0.05, 0) is 0 Å². The molecule has 0 spiro atoms. The van der Waals surface area contributed by atoms with E-state index in [-0.39, 0.29) is 10.6 Å².